The van der Waals surface area contributed by atoms with Crippen LogP contribution in [0.3, 0.4) is 0 Å². The number of anilines is 1. The molecule has 5 rings (SSSR count). The number of hydrogen-bond donors (Lipinski definition) is 3. The Balaban J connectivity index is 1.22. The van der Waals surface area contributed by atoms with Gasteiger partial charge in [-0.1, -0.05) is 0 Å². The lowest BCUT2D eigenvalue weighted by molar-refractivity contribution is -0.124. The van der Waals surface area contributed by atoms with Gasteiger partial charge in [0.05, 0.1) is 13.1 Å². The van der Waals surface area contributed by atoms with Crippen molar-refractivity contribution >= 4 is 17.5 Å². The fourth-order valence-corrected chi connectivity index (χ4v) is 5.62. The molecule has 0 unspecified atom stereocenters. The molecule has 1 aromatic rings. The van der Waals surface area contributed by atoms with Crippen LogP contribution in [0, 0.1) is 29.4 Å². The van der Waals surface area contributed by atoms with Crippen molar-refractivity contribution in [2.75, 3.05) is 18.4 Å². The molecule has 0 spiro atoms. The van der Waals surface area contributed by atoms with E-state index < -0.39 is 17.5 Å². The summed E-state index contributed by atoms with van der Waals surface area (Å²) in [6.45, 7) is -0.00893. The highest BCUT2D eigenvalue weighted by molar-refractivity contribution is 5.94. The molecule has 5 nitrogen and oxygen atoms in total. The van der Waals surface area contributed by atoms with E-state index in [-0.39, 0.29) is 30.2 Å². The minimum atomic E-state index is -1.03. The molecular formula is C20H25F2N3O2. The topological polar surface area (TPSA) is 70.2 Å². The third-order valence-corrected chi connectivity index (χ3v) is 6.31. The van der Waals surface area contributed by atoms with Gasteiger partial charge in [0.1, 0.15) is 0 Å². The van der Waals surface area contributed by atoms with E-state index >= 15 is 0 Å². The summed E-state index contributed by atoms with van der Waals surface area (Å²) in [6.07, 6.45) is 7.50. The lowest BCUT2D eigenvalue weighted by Gasteiger charge is -2.57. The van der Waals surface area contributed by atoms with Gasteiger partial charge >= 0.3 is 0 Å². The quantitative estimate of drug-likeness (QED) is 0.714. The van der Waals surface area contributed by atoms with Crippen molar-refractivity contribution in [3.63, 3.8) is 0 Å². The Hall–Kier alpha value is -2.02. The van der Waals surface area contributed by atoms with Gasteiger partial charge in [0.25, 0.3) is 0 Å². The van der Waals surface area contributed by atoms with Gasteiger partial charge in [-0.3, -0.25) is 9.59 Å². The molecule has 2 amide bonds. The average Bonchev–Trinajstić information content (AvgIpc) is 2.60. The summed E-state index contributed by atoms with van der Waals surface area (Å²) in [6, 6.07) is 3.12. The zero-order chi connectivity index (χ0) is 19.0. The molecule has 0 heterocycles. The molecule has 4 saturated carbocycles. The van der Waals surface area contributed by atoms with Crippen molar-refractivity contribution in [1.82, 2.24) is 10.6 Å². The molecular weight excluding hydrogens is 352 g/mol. The molecule has 0 atom stereocenters. The van der Waals surface area contributed by atoms with Crippen molar-refractivity contribution in [2.45, 2.75) is 44.1 Å². The van der Waals surface area contributed by atoms with Gasteiger partial charge in [-0.25, -0.2) is 8.78 Å². The highest BCUT2D eigenvalue weighted by Crippen LogP contribution is 2.55. The van der Waals surface area contributed by atoms with Crippen LogP contribution in [0.1, 0.15) is 38.5 Å². The predicted octanol–water partition coefficient (Wildman–Crippen LogP) is 2.58. The molecule has 4 bridgehead atoms. The summed E-state index contributed by atoms with van der Waals surface area (Å²) < 4.78 is 26.0. The number of rotatable bonds is 6. The SMILES string of the molecule is O=C(CNC12CC3CC(CC(C3)C1)C2)NCC(=O)Nc1ccc(F)c(F)c1. The van der Waals surface area contributed by atoms with E-state index in [1.165, 1.54) is 25.3 Å². The first kappa shape index (κ1) is 18.3. The lowest BCUT2D eigenvalue weighted by Crippen LogP contribution is -2.60. The fourth-order valence-electron chi connectivity index (χ4n) is 5.62. The van der Waals surface area contributed by atoms with Gasteiger partial charge in [-0.2, -0.15) is 0 Å². The van der Waals surface area contributed by atoms with Gasteiger partial charge in [-0.05, 0) is 68.4 Å². The van der Waals surface area contributed by atoms with Crippen molar-refractivity contribution in [2.24, 2.45) is 17.8 Å². The Kier molecular flexibility index (Phi) is 4.88. The Morgan fingerprint density at radius 1 is 0.926 bits per heavy atom. The molecule has 4 aliphatic rings. The van der Waals surface area contributed by atoms with Crippen LogP contribution < -0.4 is 16.0 Å². The largest absolute Gasteiger partial charge is 0.346 e. The van der Waals surface area contributed by atoms with Crippen LogP contribution in [0.4, 0.5) is 14.5 Å². The van der Waals surface area contributed by atoms with E-state index in [9.17, 15) is 18.4 Å². The van der Waals surface area contributed by atoms with E-state index in [1.54, 1.807) is 0 Å². The molecule has 0 aromatic heterocycles. The Bertz CT molecular complexity index is 717. The highest BCUT2D eigenvalue weighted by Gasteiger charge is 2.50. The third kappa shape index (κ3) is 4.13. The van der Waals surface area contributed by atoms with E-state index in [1.807, 2.05) is 0 Å². The second kappa shape index (κ2) is 7.19. The van der Waals surface area contributed by atoms with Gasteiger partial charge in [0.15, 0.2) is 11.6 Å². The highest BCUT2D eigenvalue weighted by atomic mass is 19.2. The number of halogens is 2. The van der Waals surface area contributed by atoms with Crippen molar-refractivity contribution < 1.29 is 18.4 Å². The fraction of sp³-hybridized carbons (Fsp3) is 0.600. The number of amides is 2. The maximum absolute atomic E-state index is 13.1. The van der Waals surface area contributed by atoms with Gasteiger partial charge in [-0.15, -0.1) is 0 Å². The van der Waals surface area contributed by atoms with Crippen LogP contribution in [-0.4, -0.2) is 30.4 Å². The molecule has 0 aliphatic heterocycles. The summed E-state index contributed by atoms with van der Waals surface area (Å²) in [7, 11) is 0. The van der Waals surface area contributed by atoms with Gasteiger partial charge < -0.3 is 16.0 Å². The van der Waals surface area contributed by atoms with Gasteiger partial charge in [0, 0.05) is 17.3 Å². The molecule has 3 N–H and O–H groups in total. The predicted molar refractivity (Wildman–Crippen MR) is 96.9 cm³/mol. The maximum atomic E-state index is 13.1. The average molecular weight is 377 g/mol. The Morgan fingerprint density at radius 2 is 1.56 bits per heavy atom. The van der Waals surface area contributed by atoms with Crippen LogP contribution in [-0.2, 0) is 9.59 Å². The summed E-state index contributed by atoms with van der Waals surface area (Å²) in [5.41, 5.74) is 0.250. The van der Waals surface area contributed by atoms with Crippen LogP contribution in [0.25, 0.3) is 0 Å². The van der Waals surface area contributed by atoms with E-state index in [4.69, 9.17) is 0 Å². The molecule has 4 fully saturated rings. The van der Waals surface area contributed by atoms with Crippen LogP contribution in [0.2, 0.25) is 0 Å². The van der Waals surface area contributed by atoms with Crippen molar-refractivity contribution in [3.05, 3.63) is 29.8 Å². The molecule has 0 radical (unpaired) electrons. The van der Waals surface area contributed by atoms with Crippen LogP contribution >= 0.6 is 0 Å². The van der Waals surface area contributed by atoms with Gasteiger partial charge in [0.2, 0.25) is 11.8 Å². The number of carbonyl (C=O) groups is 2. The van der Waals surface area contributed by atoms with E-state index in [0.29, 0.717) is 0 Å². The number of nitrogens with one attached hydrogen (secondary N) is 3. The van der Waals surface area contributed by atoms with E-state index in [2.05, 4.69) is 16.0 Å². The zero-order valence-corrected chi connectivity index (χ0v) is 15.2. The van der Waals surface area contributed by atoms with E-state index in [0.717, 1.165) is 49.1 Å². The first-order valence-corrected chi connectivity index (χ1v) is 9.67. The summed E-state index contributed by atoms with van der Waals surface area (Å²) in [5.74, 6) is -0.319. The summed E-state index contributed by atoms with van der Waals surface area (Å²) in [5, 5.41) is 8.49. The second-order valence-corrected chi connectivity index (χ2v) is 8.51. The van der Waals surface area contributed by atoms with Crippen LogP contribution in [0.5, 0.6) is 0 Å². The first-order valence-electron chi connectivity index (χ1n) is 9.67. The molecule has 27 heavy (non-hydrogen) atoms. The lowest BCUT2D eigenvalue weighted by atomic mass is 9.53. The smallest absolute Gasteiger partial charge is 0.243 e. The molecule has 146 valence electrons. The van der Waals surface area contributed by atoms with Crippen molar-refractivity contribution in [3.8, 4) is 0 Å². The molecule has 1 aromatic carbocycles. The Morgan fingerprint density at radius 3 is 2.15 bits per heavy atom. The standard InChI is InChI=1S/C20H25F2N3O2/c21-16-2-1-15(6-17(16)22)25-19(27)10-23-18(26)11-24-20-7-12-3-13(8-20)5-14(4-12)9-20/h1-2,6,12-14,24H,3-5,7-11H2,(H,23,26)(H,25,27). The minimum absolute atomic E-state index is 0.0972. The third-order valence-electron chi connectivity index (χ3n) is 6.31. The maximum Gasteiger partial charge on any atom is 0.243 e. The number of carbonyl (C=O) groups excluding carboxylic acids is 2. The summed E-state index contributed by atoms with van der Waals surface area (Å²) in [4.78, 5) is 24.0. The molecule has 0 saturated heterocycles. The van der Waals surface area contributed by atoms with Crippen LogP contribution in [0.15, 0.2) is 18.2 Å². The minimum Gasteiger partial charge on any atom is -0.346 e. The molecule has 4 aliphatic carbocycles. The summed E-state index contributed by atoms with van der Waals surface area (Å²) >= 11 is 0. The normalized spacial score (nSPS) is 31.0. The molecule has 7 heteroatoms. The first-order chi connectivity index (χ1) is 12.9. The second-order valence-electron chi connectivity index (χ2n) is 8.51. The monoisotopic (exact) mass is 377 g/mol. The zero-order valence-electron chi connectivity index (χ0n) is 15.2. The van der Waals surface area contributed by atoms with Crippen molar-refractivity contribution in [1.29, 1.82) is 0 Å². The number of hydrogen-bond acceptors (Lipinski definition) is 3. The Labute approximate surface area is 157 Å². The number of benzene rings is 1.